The Morgan fingerprint density at radius 2 is 1.81 bits per heavy atom. The molecule has 0 aliphatic carbocycles. The Hall–Kier alpha value is -3.95. The topological polar surface area (TPSA) is 168 Å². The monoisotopic (exact) mass is 1020 g/mol. The van der Waals surface area contributed by atoms with Crippen molar-refractivity contribution in [3.05, 3.63) is 62.8 Å². The fourth-order valence-corrected chi connectivity index (χ4v) is 9.74. The van der Waals surface area contributed by atoms with E-state index in [0.717, 1.165) is 38.9 Å². The number of rotatable bonds is 18. The second-order valence-corrected chi connectivity index (χ2v) is 22.4. The van der Waals surface area contributed by atoms with Crippen molar-refractivity contribution in [2.45, 2.75) is 143 Å². The molecule has 2 amide bonds. The summed E-state index contributed by atoms with van der Waals surface area (Å²) in [5.74, 6) is -0.996. The van der Waals surface area contributed by atoms with E-state index in [1.165, 1.54) is 16.3 Å². The van der Waals surface area contributed by atoms with E-state index in [4.69, 9.17) is 33.2 Å². The van der Waals surface area contributed by atoms with Crippen LogP contribution in [0.5, 0.6) is 0 Å². The minimum Gasteiger partial charge on any atom is -0.464 e. The minimum absolute atomic E-state index is 0.0883. The summed E-state index contributed by atoms with van der Waals surface area (Å²) in [6.07, 6.45) is 1.25. The number of hydrogen-bond acceptors (Lipinski definition) is 14. The number of methoxy groups -OCH3 is 1. The molecule has 4 atom stereocenters. The van der Waals surface area contributed by atoms with Gasteiger partial charge >= 0.3 is 19.2 Å². The highest BCUT2D eigenvalue weighted by Crippen LogP contribution is 2.42. The SMILES string of the molecule is CCn1c(-c2cccnc2[C@H](C)OC)c(CC(C)(C)COC(=O)[C@@H]2CCCN(C(=O)[C@@H](NC(=O)OC(C)(C)C)[C@H](OCCN(C)C)c3nc(Br)cs3)N2)c2cc(B3OC(C)(C)C(C)(C)O3)ccc21. The van der Waals surface area contributed by atoms with Gasteiger partial charge in [0.1, 0.15) is 33.4 Å². The van der Waals surface area contributed by atoms with Crippen LogP contribution in [-0.4, -0.2) is 126 Å². The van der Waals surface area contributed by atoms with Gasteiger partial charge in [0.2, 0.25) is 0 Å². The average molecular weight is 1020 g/mol. The number of hydrazine groups is 1. The molecular weight excluding hydrogens is 953 g/mol. The van der Waals surface area contributed by atoms with Crippen molar-refractivity contribution in [1.82, 2.24) is 35.2 Å². The van der Waals surface area contributed by atoms with Crippen molar-refractivity contribution < 1.29 is 42.6 Å². The van der Waals surface area contributed by atoms with Crippen LogP contribution >= 0.6 is 27.3 Å². The lowest BCUT2D eigenvalue weighted by Crippen LogP contribution is -2.61. The number of aryl methyl sites for hydroxylation is 1. The molecule has 2 fully saturated rings. The first kappa shape index (κ1) is 53.4. The number of thiazole rings is 1. The van der Waals surface area contributed by atoms with E-state index in [0.29, 0.717) is 42.0 Å². The Bertz CT molecular complexity index is 2400. The number of pyridine rings is 1. The number of ether oxygens (including phenoxy) is 4. The van der Waals surface area contributed by atoms with Crippen LogP contribution in [-0.2, 0) is 50.8 Å². The Morgan fingerprint density at radius 3 is 2.43 bits per heavy atom. The summed E-state index contributed by atoms with van der Waals surface area (Å²) >= 11 is 4.72. The zero-order valence-electron chi connectivity index (χ0n) is 42.3. The van der Waals surface area contributed by atoms with Gasteiger partial charge in [-0.2, -0.15) is 0 Å². The third kappa shape index (κ3) is 12.5. The lowest BCUT2D eigenvalue weighted by atomic mass is 9.77. The van der Waals surface area contributed by atoms with Gasteiger partial charge in [-0.05, 0) is 141 Å². The van der Waals surface area contributed by atoms with E-state index in [2.05, 4.69) is 109 Å². The quantitative estimate of drug-likeness (QED) is 0.0734. The van der Waals surface area contributed by atoms with E-state index in [-0.39, 0.29) is 25.9 Å². The van der Waals surface area contributed by atoms with E-state index >= 15 is 0 Å². The van der Waals surface area contributed by atoms with Crippen LogP contribution in [0.4, 0.5) is 4.79 Å². The van der Waals surface area contributed by atoms with Crippen LogP contribution in [0, 0.1) is 5.41 Å². The van der Waals surface area contributed by atoms with Crippen molar-refractivity contribution in [2.75, 3.05) is 47.5 Å². The number of benzene rings is 1. The zero-order valence-corrected chi connectivity index (χ0v) is 44.7. The smallest absolute Gasteiger partial charge is 0.464 e. The van der Waals surface area contributed by atoms with Crippen LogP contribution in [0.2, 0.25) is 0 Å². The lowest BCUT2D eigenvalue weighted by Gasteiger charge is -2.37. The molecule has 0 unspecified atom stereocenters. The number of aromatic nitrogens is 3. The van der Waals surface area contributed by atoms with Gasteiger partial charge in [-0.3, -0.25) is 19.6 Å². The molecule has 5 heterocycles. The molecule has 3 aromatic heterocycles. The maximum Gasteiger partial charge on any atom is 0.494 e. The number of hydrogen-bond donors (Lipinski definition) is 2. The maximum atomic E-state index is 14.6. The van der Waals surface area contributed by atoms with Gasteiger partial charge in [0.15, 0.2) is 0 Å². The molecule has 19 heteroatoms. The Kier molecular flexibility index (Phi) is 17.0. The summed E-state index contributed by atoms with van der Waals surface area (Å²) in [4.78, 5) is 53.4. The largest absolute Gasteiger partial charge is 0.494 e. The average Bonchev–Trinajstić information content (AvgIpc) is 3.90. The lowest BCUT2D eigenvalue weighted by molar-refractivity contribution is -0.156. The number of nitrogens with zero attached hydrogens (tertiary/aromatic N) is 5. The molecule has 0 saturated carbocycles. The fraction of sp³-hybridized carbons (Fsp3) is 0.612. The number of fused-ring (bicyclic) bond motifs is 1. The van der Waals surface area contributed by atoms with Crippen molar-refractivity contribution in [1.29, 1.82) is 0 Å². The summed E-state index contributed by atoms with van der Waals surface area (Å²) in [5.41, 5.74) is 6.55. The van der Waals surface area contributed by atoms with Crippen LogP contribution in [0.1, 0.15) is 117 Å². The molecule has 372 valence electrons. The molecule has 2 saturated heterocycles. The Morgan fingerprint density at radius 1 is 1.10 bits per heavy atom. The molecule has 68 heavy (non-hydrogen) atoms. The number of halogens is 1. The number of esters is 1. The first-order valence-corrected chi connectivity index (χ1v) is 25.1. The maximum absolute atomic E-state index is 14.6. The molecular formula is C49H71BBrN7O9S. The zero-order chi connectivity index (χ0) is 49.9. The molecule has 6 rings (SSSR count). The van der Waals surface area contributed by atoms with E-state index < -0.39 is 65.5 Å². The van der Waals surface area contributed by atoms with Crippen LogP contribution < -0.4 is 16.2 Å². The molecule has 4 aromatic rings. The highest BCUT2D eigenvalue weighted by molar-refractivity contribution is 9.10. The van der Waals surface area contributed by atoms with Gasteiger partial charge in [-0.15, -0.1) is 11.3 Å². The fourth-order valence-electron chi connectivity index (χ4n) is 8.39. The van der Waals surface area contributed by atoms with Crippen molar-refractivity contribution in [3.63, 3.8) is 0 Å². The summed E-state index contributed by atoms with van der Waals surface area (Å²) in [6.45, 7) is 23.6. The minimum atomic E-state index is -1.25. The molecule has 0 radical (unpaired) electrons. The van der Waals surface area contributed by atoms with Gasteiger partial charge in [0.05, 0.1) is 41.9 Å². The Labute approximate surface area is 414 Å². The molecule has 16 nitrogen and oxygen atoms in total. The third-order valence-corrected chi connectivity index (χ3v) is 14.3. The predicted octanol–water partition coefficient (Wildman–Crippen LogP) is 7.77. The molecule has 0 spiro atoms. The second kappa shape index (κ2) is 21.6. The second-order valence-electron chi connectivity index (χ2n) is 20.7. The van der Waals surface area contributed by atoms with Gasteiger partial charge < -0.3 is 43.0 Å². The predicted molar refractivity (Wildman–Crippen MR) is 269 cm³/mol. The highest BCUT2D eigenvalue weighted by Gasteiger charge is 2.52. The normalized spacial score (nSPS) is 18.7. The number of alkyl carbamates (subject to hydrolysis) is 1. The summed E-state index contributed by atoms with van der Waals surface area (Å²) in [7, 11) is 4.96. The summed E-state index contributed by atoms with van der Waals surface area (Å²) in [6, 6.07) is 8.35. The van der Waals surface area contributed by atoms with Crippen molar-refractivity contribution >= 4 is 68.7 Å². The third-order valence-electron chi connectivity index (χ3n) is 12.7. The molecule has 2 aliphatic rings. The van der Waals surface area contributed by atoms with Gasteiger partial charge in [-0.25, -0.2) is 15.2 Å². The summed E-state index contributed by atoms with van der Waals surface area (Å²) in [5, 5.41) is 7.48. The number of nitrogens with one attached hydrogen (secondary N) is 2. The van der Waals surface area contributed by atoms with Crippen LogP contribution in [0.3, 0.4) is 0 Å². The van der Waals surface area contributed by atoms with Crippen LogP contribution in [0.15, 0.2) is 46.5 Å². The first-order chi connectivity index (χ1) is 31.8. The summed E-state index contributed by atoms with van der Waals surface area (Å²) < 4.78 is 39.9. The number of carbonyl (C=O) groups is 3. The van der Waals surface area contributed by atoms with Crippen molar-refractivity contribution in [3.8, 4) is 11.3 Å². The standard InChI is InChI=1S/C49H71BBrN7O9S/c1-15-57-36-21-20-31(50-66-48(8,9)49(10,11)67-50)26-33(36)34(40(57)32-18-16-22-52-38(32)30(2)62-14)27-47(6,7)29-64-44(60)35-19-17-23-58(55-35)43(59)39(54-45(61)65-46(3,4)5)41(63-25-24-56(12)13)42-53-37(51)28-68-42/h16,18,20-22,26,28,30,35,39,41,55H,15,17,19,23-25,27,29H2,1-14H3,(H,54,61)/t30-,35-,39-,41-/m0/s1. The number of carbonyl (C=O) groups excluding carboxylic acids is 3. The van der Waals surface area contributed by atoms with Gasteiger partial charge in [-0.1, -0.05) is 26.0 Å². The molecule has 2 N–H and O–H groups in total. The Balaban J connectivity index is 1.27. The number of amides is 2. The van der Waals surface area contributed by atoms with E-state index in [9.17, 15) is 14.4 Å². The first-order valence-electron chi connectivity index (χ1n) is 23.4. The number of likely N-dealkylation sites (N-methyl/N-ethyl adjacent to an activating group) is 1. The van der Waals surface area contributed by atoms with Crippen LogP contribution in [0.25, 0.3) is 22.2 Å². The molecule has 0 bridgehead atoms. The highest BCUT2D eigenvalue weighted by atomic mass is 79.9. The van der Waals surface area contributed by atoms with E-state index in [1.54, 1.807) is 39.5 Å². The van der Waals surface area contributed by atoms with Gasteiger partial charge in [0.25, 0.3) is 5.91 Å². The van der Waals surface area contributed by atoms with Crippen molar-refractivity contribution in [2.24, 2.45) is 5.41 Å². The molecule has 1 aromatic carbocycles. The van der Waals surface area contributed by atoms with Gasteiger partial charge in [0, 0.05) is 60.2 Å². The van der Waals surface area contributed by atoms with E-state index in [1.807, 2.05) is 32.0 Å². The molecule has 2 aliphatic heterocycles.